The van der Waals surface area contributed by atoms with Crippen molar-refractivity contribution in [2.75, 3.05) is 11.9 Å². The van der Waals surface area contributed by atoms with Gasteiger partial charge in [-0.05, 0) is 43.6 Å². The molecule has 1 amide bonds. The van der Waals surface area contributed by atoms with Crippen LogP contribution in [0.4, 0.5) is 9.80 Å². The maximum atomic E-state index is 11.7. The van der Waals surface area contributed by atoms with Gasteiger partial charge in [-0.25, -0.2) is 14.6 Å². The zero-order valence-electron chi connectivity index (χ0n) is 11.1. The van der Waals surface area contributed by atoms with Gasteiger partial charge in [-0.15, -0.1) is 0 Å². The summed E-state index contributed by atoms with van der Waals surface area (Å²) < 4.78 is 10.4. The fourth-order valence-electron chi connectivity index (χ4n) is 1.11. The zero-order valence-corrected chi connectivity index (χ0v) is 13.5. The van der Waals surface area contributed by atoms with Gasteiger partial charge in [0.25, 0.3) is 0 Å². The van der Waals surface area contributed by atoms with Gasteiger partial charge in [0.15, 0.2) is 9.61 Å². The molecule has 0 aliphatic rings. The predicted molar refractivity (Wildman–Crippen MR) is 75.6 cm³/mol. The smallest absolute Gasteiger partial charge is 0.412 e. The fourth-order valence-corrected chi connectivity index (χ4v) is 2.44. The first-order valence-corrected chi connectivity index (χ1v) is 7.17. The highest BCUT2D eigenvalue weighted by Crippen LogP contribution is 2.29. The molecule has 106 valence electrons. The molecule has 1 N–H and O–H groups in total. The Morgan fingerprint density at radius 2 is 2.05 bits per heavy atom. The normalized spacial score (nSPS) is 11.0. The second-order valence-corrected chi connectivity index (χ2v) is 6.77. The number of nitrogens with one attached hydrogen (secondary N) is 1. The van der Waals surface area contributed by atoms with Crippen LogP contribution in [-0.4, -0.2) is 29.3 Å². The second-order valence-electron chi connectivity index (χ2n) is 4.49. The maximum Gasteiger partial charge on any atom is 0.412 e. The predicted octanol–water partition coefficient (Wildman–Crippen LogP) is 3.43. The van der Waals surface area contributed by atoms with Crippen LogP contribution in [0.15, 0.2) is 3.92 Å². The van der Waals surface area contributed by atoms with Gasteiger partial charge >= 0.3 is 12.1 Å². The average Bonchev–Trinajstić information content (AvgIpc) is 2.56. The lowest BCUT2D eigenvalue weighted by molar-refractivity contribution is 0.0521. The summed E-state index contributed by atoms with van der Waals surface area (Å²) in [5.41, 5.74) is -0.555. The number of anilines is 1. The van der Waals surface area contributed by atoms with Crippen molar-refractivity contribution in [3.05, 3.63) is 9.61 Å². The SMILES string of the molecule is CCOC(=O)c1nc(Br)sc1NC(=O)OC(C)(C)C. The third-order valence-corrected chi connectivity index (χ3v) is 3.11. The largest absolute Gasteiger partial charge is 0.461 e. The number of hydrogen-bond donors (Lipinski definition) is 1. The number of aromatic nitrogens is 1. The number of carbonyl (C=O) groups excluding carboxylic acids is 2. The lowest BCUT2D eigenvalue weighted by Crippen LogP contribution is -2.27. The van der Waals surface area contributed by atoms with Gasteiger partial charge in [-0.3, -0.25) is 5.32 Å². The molecule has 0 radical (unpaired) electrons. The van der Waals surface area contributed by atoms with E-state index in [0.717, 1.165) is 11.3 Å². The van der Waals surface area contributed by atoms with Crippen LogP contribution < -0.4 is 5.32 Å². The highest BCUT2D eigenvalue weighted by molar-refractivity contribution is 9.11. The highest BCUT2D eigenvalue weighted by atomic mass is 79.9. The van der Waals surface area contributed by atoms with Gasteiger partial charge in [0, 0.05) is 0 Å². The lowest BCUT2D eigenvalue weighted by Gasteiger charge is -2.19. The second kappa shape index (κ2) is 6.33. The summed E-state index contributed by atoms with van der Waals surface area (Å²) in [7, 11) is 0. The number of ether oxygens (including phenoxy) is 2. The van der Waals surface area contributed by atoms with Crippen molar-refractivity contribution >= 4 is 44.3 Å². The molecule has 0 saturated carbocycles. The van der Waals surface area contributed by atoms with Crippen LogP contribution in [0.5, 0.6) is 0 Å². The summed E-state index contributed by atoms with van der Waals surface area (Å²) in [5.74, 6) is -0.587. The van der Waals surface area contributed by atoms with E-state index in [4.69, 9.17) is 9.47 Å². The van der Waals surface area contributed by atoms with Crippen LogP contribution >= 0.6 is 27.3 Å². The van der Waals surface area contributed by atoms with E-state index in [-0.39, 0.29) is 12.3 Å². The Bertz CT molecular complexity index is 482. The van der Waals surface area contributed by atoms with Gasteiger partial charge in [0.1, 0.15) is 10.6 Å². The Morgan fingerprint density at radius 1 is 1.42 bits per heavy atom. The van der Waals surface area contributed by atoms with E-state index in [1.165, 1.54) is 0 Å². The molecule has 6 nitrogen and oxygen atoms in total. The number of rotatable bonds is 3. The van der Waals surface area contributed by atoms with E-state index in [2.05, 4.69) is 26.2 Å². The van der Waals surface area contributed by atoms with Gasteiger partial charge in [0.05, 0.1) is 6.61 Å². The van der Waals surface area contributed by atoms with Crippen molar-refractivity contribution in [1.29, 1.82) is 0 Å². The third kappa shape index (κ3) is 5.15. The van der Waals surface area contributed by atoms with E-state index >= 15 is 0 Å². The Labute approximate surface area is 123 Å². The highest BCUT2D eigenvalue weighted by Gasteiger charge is 2.23. The summed E-state index contributed by atoms with van der Waals surface area (Å²) in [6.45, 7) is 7.18. The lowest BCUT2D eigenvalue weighted by atomic mass is 10.2. The topological polar surface area (TPSA) is 77.5 Å². The molecule has 19 heavy (non-hydrogen) atoms. The fraction of sp³-hybridized carbons (Fsp3) is 0.545. The van der Waals surface area contributed by atoms with Gasteiger partial charge in [0.2, 0.25) is 0 Å². The molecular formula is C11H15BrN2O4S. The summed E-state index contributed by atoms with van der Waals surface area (Å²) in [4.78, 5) is 27.3. The Morgan fingerprint density at radius 3 is 2.58 bits per heavy atom. The number of hydrogen-bond acceptors (Lipinski definition) is 6. The van der Waals surface area contributed by atoms with Crippen LogP contribution in [0.1, 0.15) is 38.2 Å². The molecule has 1 heterocycles. The summed E-state index contributed by atoms with van der Waals surface area (Å²) in [6, 6.07) is 0. The molecule has 0 aromatic carbocycles. The van der Waals surface area contributed by atoms with Gasteiger partial charge in [-0.1, -0.05) is 11.3 Å². The van der Waals surface area contributed by atoms with Crippen LogP contribution in [0.25, 0.3) is 0 Å². The number of nitrogens with zero attached hydrogens (tertiary/aromatic N) is 1. The van der Waals surface area contributed by atoms with Gasteiger partial charge in [-0.2, -0.15) is 0 Å². The molecule has 8 heteroatoms. The zero-order chi connectivity index (χ0) is 14.6. The quantitative estimate of drug-likeness (QED) is 0.845. The van der Waals surface area contributed by atoms with Gasteiger partial charge < -0.3 is 9.47 Å². The van der Waals surface area contributed by atoms with Crippen LogP contribution in [0.3, 0.4) is 0 Å². The van der Waals surface area contributed by atoms with E-state index in [9.17, 15) is 9.59 Å². The van der Waals surface area contributed by atoms with E-state index < -0.39 is 17.7 Å². The molecule has 1 aromatic heterocycles. The van der Waals surface area contributed by atoms with Crippen molar-refractivity contribution in [1.82, 2.24) is 4.98 Å². The molecular weight excluding hydrogens is 336 g/mol. The number of esters is 1. The maximum absolute atomic E-state index is 11.7. The van der Waals surface area contributed by atoms with Crippen molar-refractivity contribution in [3.63, 3.8) is 0 Å². The summed E-state index contributed by atoms with van der Waals surface area (Å²) >= 11 is 4.28. The van der Waals surface area contributed by atoms with E-state index in [1.807, 2.05) is 0 Å². The first-order chi connectivity index (χ1) is 8.73. The van der Waals surface area contributed by atoms with Crippen molar-refractivity contribution < 1.29 is 19.1 Å². The standard InChI is InChI=1S/C11H15BrN2O4S/c1-5-17-8(15)6-7(19-9(12)13-6)14-10(16)18-11(2,3)4/h5H2,1-4H3,(H,14,16). The molecule has 0 aliphatic heterocycles. The molecule has 0 atom stereocenters. The molecule has 0 aliphatic carbocycles. The number of amides is 1. The molecule has 0 bridgehead atoms. The number of thiazole rings is 1. The minimum Gasteiger partial charge on any atom is -0.461 e. The van der Waals surface area contributed by atoms with Crippen molar-refractivity contribution in [3.8, 4) is 0 Å². The molecule has 1 aromatic rings. The van der Waals surface area contributed by atoms with Crippen molar-refractivity contribution in [2.45, 2.75) is 33.3 Å². The Hall–Kier alpha value is -1.15. The molecule has 0 spiro atoms. The van der Waals surface area contributed by atoms with E-state index in [0.29, 0.717) is 8.92 Å². The van der Waals surface area contributed by atoms with Crippen molar-refractivity contribution in [2.24, 2.45) is 0 Å². The molecule has 0 saturated heterocycles. The number of carbonyl (C=O) groups is 2. The molecule has 0 unspecified atom stereocenters. The average molecular weight is 351 g/mol. The van der Waals surface area contributed by atoms with Crippen LogP contribution in [0, 0.1) is 0 Å². The summed E-state index contributed by atoms with van der Waals surface area (Å²) in [5, 5.41) is 2.78. The minimum absolute atomic E-state index is 0.0598. The third-order valence-electron chi connectivity index (χ3n) is 1.68. The Balaban J connectivity index is 2.83. The van der Waals surface area contributed by atoms with Crippen LogP contribution in [-0.2, 0) is 9.47 Å². The minimum atomic E-state index is -0.644. The Kier molecular flexibility index (Phi) is 5.30. The number of halogens is 1. The monoisotopic (exact) mass is 350 g/mol. The molecule has 0 fully saturated rings. The van der Waals surface area contributed by atoms with Crippen LogP contribution in [0.2, 0.25) is 0 Å². The first-order valence-electron chi connectivity index (χ1n) is 5.56. The first kappa shape index (κ1) is 15.9. The summed E-state index contributed by atoms with van der Waals surface area (Å²) in [6.07, 6.45) is -0.644. The molecule has 1 rings (SSSR count). The van der Waals surface area contributed by atoms with E-state index in [1.54, 1.807) is 27.7 Å².